The number of benzene rings is 1. The fourth-order valence-electron chi connectivity index (χ4n) is 2.08. The van der Waals surface area contributed by atoms with Crippen molar-refractivity contribution in [1.29, 1.82) is 0 Å². The molecule has 0 saturated carbocycles. The minimum atomic E-state index is 0.534. The molecule has 0 aliphatic carbocycles. The van der Waals surface area contributed by atoms with Gasteiger partial charge in [0.25, 0.3) is 0 Å². The zero-order chi connectivity index (χ0) is 13.7. The van der Waals surface area contributed by atoms with Crippen molar-refractivity contribution in [1.82, 2.24) is 15.2 Å². The molecule has 1 atom stereocenters. The summed E-state index contributed by atoms with van der Waals surface area (Å²) in [5.41, 5.74) is 2.38. The zero-order valence-corrected chi connectivity index (χ0v) is 12.1. The molecule has 3 heteroatoms. The lowest BCUT2D eigenvalue weighted by atomic mass is 10.1. The summed E-state index contributed by atoms with van der Waals surface area (Å²) in [6.45, 7) is 4.28. The third-order valence-electron chi connectivity index (χ3n) is 3.33. The van der Waals surface area contributed by atoms with Crippen molar-refractivity contribution in [2.24, 2.45) is 0 Å². The highest BCUT2D eigenvalue weighted by atomic mass is 15.1. The highest BCUT2D eigenvalue weighted by Gasteiger charge is 2.03. The summed E-state index contributed by atoms with van der Waals surface area (Å²) in [6, 6.07) is 11.1. The average Bonchev–Trinajstić information content (AvgIpc) is 2.42. The lowest BCUT2D eigenvalue weighted by Gasteiger charge is -2.16. The number of nitrogens with zero attached hydrogens (tertiary/aromatic N) is 2. The standard InChI is InChI=1S/C16H23N3/c1-13(8-10-19(2)3)18-12-14-6-7-16-15(11-14)5-4-9-17-16/h4-7,9,11,13,18H,8,10,12H2,1-3H3. The second-order valence-electron chi connectivity index (χ2n) is 5.40. The van der Waals surface area contributed by atoms with E-state index in [1.807, 2.05) is 12.3 Å². The molecule has 0 saturated heterocycles. The first kappa shape index (κ1) is 14.0. The summed E-state index contributed by atoms with van der Waals surface area (Å²) < 4.78 is 0. The van der Waals surface area contributed by atoms with Crippen LogP contribution in [0.4, 0.5) is 0 Å². The van der Waals surface area contributed by atoms with Crippen molar-refractivity contribution < 1.29 is 0 Å². The van der Waals surface area contributed by atoms with Crippen LogP contribution in [0, 0.1) is 0 Å². The van der Waals surface area contributed by atoms with Crippen LogP contribution in [0.2, 0.25) is 0 Å². The van der Waals surface area contributed by atoms with Crippen LogP contribution in [-0.4, -0.2) is 36.6 Å². The van der Waals surface area contributed by atoms with Gasteiger partial charge in [-0.1, -0.05) is 12.1 Å². The van der Waals surface area contributed by atoms with E-state index >= 15 is 0 Å². The summed E-state index contributed by atoms with van der Waals surface area (Å²) in [6.07, 6.45) is 3.01. The van der Waals surface area contributed by atoms with Gasteiger partial charge < -0.3 is 10.2 Å². The monoisotopic (exact) mass is 257 g/mol. The van der Waals surface area contributed by atoms with Gasteiger partial charge in [0.05, 0.1) is 5.52 Å². The number of fused-ring (bicyclic) bond motifs is 1. The van der Waals surface area contributed by atoms with E-state index in [1.54, 1.807) is 0 Å². The van der Waals surface area contributed by atoms with Gasteiger partial charge >= 0.3 is 0 Å². The molecule has 1 heterocycles. The van der Waals surface area contributed by atoms with E-state index in [1.165, 1.54) is 17.4 Å². The SMILES string of the molecule is CC(CCN(C)C)NCc1ccc2ncccc2c1. The Bertz CT molecular complexity index is 522. The maximum atomic E-state index is 4.34. The van der Waals surface area contributed by atoms with E-state index in [-0.39, 0.29) is 0 Å². The first-order valence-corrected chi connectivity index (χ1v) is 6.87. The van der Waals surface area contributed by atoms with Crippen LogP contribution in [0.25, 0.3) is 10.9 Å². The van der Waals surface area contributed by atoms with E-state index in [0.717, 1.165) is 18.6 Å². The molecule has 3 nitrogen and oxygen atoms in total. The van der Waals surface area contributed by atoms with Crippen LogP contribution >= 0.6 is 0 Å². The lowest BCUT2D eigenvalue weighted by molar-refractivity contribution is 0.365. The predicted molar refractivity (Wildman–Crippen MR) is 81.2 cm³/mol. The topological polar surface area (TPSA) is 28.2 Å². The van der Waals surface area contributed by atoms with Crippen LogP contribution < -0.4 is 5.32 Å². The Hall–Kier alpha value is -1.45. The highest BCUT2D eigenvalue weighted by molar-refractivity contribution is 5.78. The number of rotatable bonds is 6. The molecule has 2 aromatic rings. The van der Waals surface area contributed by atoms with Gasteiger partial charge in [0.1, 0.15) is 0 Å². The Morgan fingerprint density at radius 1 is 1.26 bits per heavy atom. The molecule has 0 aliphatic rings. The van der Waals surface area contributed by atoms with Crippen LogP contribution in [0.5, 0.6) is 0 Å². The largest absolute Gasteiger partial charge is 0.310 e. The summed E-state index contributed by atoms with van der Waals surface area (Å²) in [7, 11) is 4.23. The third-order valence-corrected chi connectivity index (χ3v) is 3.33. The molecule has 1 aromatic carbocycles. The lowest BCUT2D eigenvalue weighted by Crippen LogP contribution is -2.29. The summed E-state index contributed by atoms with van der Waals surface area (Å²) >= 11 is 0. The molecular formula is C16H23N3. The second-order valence-corrected chi connectivity index (χ2v) is 5.40. The molecule has 0 spiro atoms. The molecule has 1 unspecified atom stereocenters. The second kappa shape index (κ2) is 6.64. The Kier molecular flexibility index (Phi) is 4.88. The number of aromatic nitrogens is 1. The normalized spacial score (nSPS) is 13.1. The molecule has 0 fully saturated rings. The van der Waals surface area contributed by atoms with Crippen molar-refractivity contribution in [3.8, 4) is 0 Å². The summed E-state index contributed by atoms with van der Waals surface area (Å²) in [4.78, 5) is 6.56. The molecule has 0 bridgehead atoms. The average molecular weight is 257 g/mol. The third kappa shape index (κ3) is 4.30. The van der Waals surface area contributed by atoms with Crippen molar-refractivity contribution >= 4 is 10.9 Å². The minimum Gasteiger partial charge on any atom is -0.310 e. The minimum absolute atomic E-state index is 0.534. The highest BCUT2D eigenvalue weighted by Crippen LogP contribution is 2.13. The van der Waals surface area contributed by atoms with Crippen LogP contribution in [0.3, 0.4) is 0 Å². The Morgan fingerprint density at radius 3 is 2.89 bits per heavy atom. The molecule has 0 aliphatic heterocycles. The zero-order valence-electron chi connectivity index (χ0n) is 12.1. The van der Waals surface area contributed by atoms with E-state index < -0.39 is 0 Å². The van der Waals surface area contributed by atoms with Gasteiger partial charge in [0.2, 0.25) is 0 Å². The van der Waals surface area contributed by atoms with Gasteiger partial charge in [-0.3, -0.25) is 4.98 Å². The fraction of sp³-hybridized carbons (Fsp3) is 0.438. The molecule has 1 N–H and O–H groups in total. The van der Waals surface area contributed by atoms with Gasteiger partial charge in [-0.2, -0.15) is 0 Å². The van der Waals surface area contributed by atoms with E-state index in [9.17, 15) is 0 Å². The van der Waals surface area contributed by atoms with Gasteiger partial charge in [-0.25, -0.2) is 0 Å². The molecule has 102 valence electrons. The van der Waals surface area contributed by atoms with Crippen LogP contribution in [0.15, 0.2) is 36.5 Å². The number of pyridine rings is 1. The van der Waals surface area contributed by atoms with Crippen LogP contribution in [0.1, 0.15) is 18.9 Å². The van der Waals surface area contributed by atoms with Gasteiger partial charge in [-0.15, -0.1) is 0 Å². The van der Waals surface area contributed by atoms with Gasteiger partial charge in [0, 0.05) is 24.2 Å². The van der Waals surface area contributed by atoms with E-state index in [4.69, 9.17) is 0 Å². The predicted octanol–water partition coefficient (Wildman–Crippen LogP) is 2.66. The smallest absolute Gasteiger partial charge is 0.0702 e. The number of hydrogen-bond donors (Lipinski definition) is 1. The summed E-state index contributed by atoms with van der Waals surface area (Å²) in [5.74, 6) is 0. The maximum absolute atomic E-state index is 4.34. The molecule has 0 amide bonds. The molecule has 19 heavy (non-hydrogen) atoms. The Balaban J connectivity index is 1.90. The molecule has 1 aromatic heterocycles. The molecular weight excluding hydrogens is 234 g/mol. The van der Waals surface area contributed by atoms with Gasteiger partial charge in [-0.05, 0) is 57.7 Å². The van der Waals surface area contributed by atoms with Crippen molar-refractivity contribution in [2.75, 3.05) is 20.6 Å². The first-order chi connectivity index (χ1) is 9.15. The van der Waals surface area contributed by atoms with Crippen molar-refractivity contribution in [3.63, 3.8) is 0 Å². The first-order valence-electron chi connectivity index (χ1n) is 6.87. The summed E-state index contributed by atoms with van der Waals surface area (Å²) in [5, 5.41) is 4.78. The maximum Gasteiger partial charge on any atom is 0.0702 e. The van der Waals surface area contributed by atoms with Gasteiger partial charge in [0.15, 0.2) is 0 Å². The Labute approximate surface area is 115 Å². The number of nitrogens with one attached hydrogen (secondary N) is 1. The van der Waals surface area contributed by atoms with Crippen molar-refractivity contribution in [3.05, 3.63) is 42.1 Å². The van der Waals surface area contributed by atoms with Crippen LogP contribution in [-0.2, 0) is 6.54 Å². The molecule has 0 radical (unpaired) electrons. The quantitative estimate of drug-likeness (QED) is 0.862. The number of hydrogen-bond acceptors (Lipinski definition) is 3. The van der Waals surface area contributed by atoms with E-state index in [2.05, 4.69) is 60.5 Å². The van der Waals surface area contributed by atoms with Crippen molar-refractivity contribution in [2.45, 2.75) is 25.9 Å². The molecule has 2 rings (SSSR count). The Morgan fingerprint density at radius 2 is 2.11 bits per heavy atom. The fourth-order valence-corrected chi connectivity index (χ4v) is 2.08. The van der Waals surface area contributed by atoms with E-state index in [0.29, 0.717) is 6.04 Å².